The molecule has 0 bridgehead atoms. The van der Waals surface area contributed by atoms with Crippen molar-refractivity contribution in [1.82, 2.24) is 14.9 Å². The van der Waals surface area contributed by atoms with Crippen LogP contribution >= 0.6 is 11.8 Å². The van der Waals surface area contributed by atoms with E-state index in [0.717, 1.165) is 11.3 Å². The highest BCUT2D eigenvalue weighted by atomic mass is 32.2. The first kappa shape index (κ1) is 18.0. The van der Waals surface area contributed by atoms with Crippen LogP contribution in [-0.4, -0.2) is 59.0 Å². The molecule has 1 amide bonds. The Kier molecular flexibility index (Phi) is 5.19. The standard InChI is InChI=1S/C17H21N3O3S2/c1-12(16(21)20(2)14-8-9-25(22,23)11-14)24-17-18-10-15(19-17)13-6-4-3-5-7-13/h3-7,10,12,14H,8-9,11H2,1-2H3,(H,18,19). The monoisotopic (exact) mass is 379 g/mol. The minimum atomic E-state index is -3.01. The summed E-state index contributed by atoms with van der Waals surface area (Å²) in [6.07, 6.45) is 2.27. The number of nitrogens with one attached hydrogen (secondary N) is 1. The van der Waals surface area contributed by atoms with Crippen molar-refractivity contribution in [2.45, 2.75) is 29.8 Å². The average Bonchev–Trinajstić information content (AvgIpc) is 3.20. The topological polar surface area (TPSA) is 83.1 Å². The van der Waals surface area contributed by atoms with Crippen molar-refractivity contribution >= 4 is 27.5 Å². The SMILES string of the molecule is CC(Sc1ncc(-c2ccccc2)[nH]1)C(=O)N(C)C1CCS(=O)(=O)C1. The number of thioether (sulfide) groups is 1. The van der Waals surface area contributed by atoms with E-state index in [2.05, 4.69) is 9.97 Å². The lowest BCUT2D eigenvalue weighted by Crippen LogP contribution is -2.41. The first-order valence-corrected chi connectivity index (χ1v) is 10.8. The Bertz CT molecular complexity index is 849. The molecule has 25 heavy (non-hydrogen) atoms. The van der Waals surface area contributed by atoms with Gasteiger partial charge in [0, 0.05) is 13.1 Å². The van der Waals surface area contributed by atoms with Gasteiger partial charge in [0.05, 0.1) is 28.6 Å². The summed E-state index contributed by atoms with van der Waals surface area (Å²) in [6.45, 7) is 1.82. The molecule has 2 aromatic rings. The molecule has 2 atom stereocenters. The molecular formula is C17H21N3O3S2. The molecule has 0 spiro atoms. The smallest absolute Gasteiger partial charge is 0.235 e. The van der Waals surface area contributed by atoms with Crippen molar-refractivity contribution in [2.24, 2.45) is 0 Å². The van der Waals surface area contributed by atoms with Crippen molar-refractivity contribution in [3.05, 3.63) is 36.5 Å². The van der Waals surface area contributed by atoms with Gasteiger partial charge >= 0.3 is 0 Å². The van der Waals surface area contributed by atoms with Crippen LogP contribution in [0.15, 0.2) is 41.7 Å². The van der Waals surface area contributed by atoms with Crippen LogP contribution in [-0.2, 0) is 14.6 Å². The van der Waals surface area contributed by atoms with E-state index in [1.807, 2.05) is 37.3 Å². The highest BCUT2D eigenvalue weighted by Gasteiger charge is 2.34. The van der Waals surface area contributed by atoms with Crippen LogP contribution in [0.2, 0.25) is 0 Å². The van der Waals surface area contributed by atoms with Crippen LogP contribution in [0.25, 0.3) is 11.3 Å². The number of amides is 1. The van der Waals surface area contributed by atoms with Gasteiger partial charge in [0.1, 0.15) is 0 Å². The van der Waals surface area contributed by atoms with Crippen LogP contribution in [0.4, 0.5) is 0 Å². The summed E-state index contributed by atoms with van der Waals surface area (Å²) in [4.78, 5) is 21.7. The zero-order chi connectivity index (χ0) is 18.0. The van der Waals surface area contributed by atoms with Crippen molar-refractivity contribution in [2.75, 3.05) is 18.6 Å². The predicted molar refractivity (Wildman–Crippen MR) is 99.2 cm³/mol. The van der Waals surface area contributed by atoms with E-state index in [1.54, 1.807) is 18.1 Å². The number of benzene rings is 1. The Morgan fingerprint density at radius 1 is 1.36 bits per heavy atom. The molecule has 3 rings (SSSR count). The number of carbonyl (C=O) groups is 1. The summed E-state index contributed by atoms with van der Waals surface area (Å²) in [5.41, 5.74) is 1.94. The van der Waals surface area contributed by atoms with Crippen molar-refractivity contribution in [3.63, 3.8) is 0 Å². The van der Waals surface area contributed by atoms with E-state index in [4.69, 9.17) is 0 Å². The largest absolute Gasteiger partial charge is 0.341 e. The fourth-order valence-corrected chi connectivity index (χ4v) is 5.55. The van der Waals surface area contributed by atoms with Gasteiger partial charge in [-0.15, -0.1) is 0 Å². The quantitative estimate of drug-likeness (QED) is 0.805. The Balaban J connectivity index is 1.63. The average molecular weight is 380 g/mol. The van der Waals surface area contributed by atoms with Gasteiger partial charge in [-0.1, -0.05) is 42.1 Å². The first-order chi connectivity index (χ1) is 11.9. The van der Waals surface area contributed by atoms with Gasteiger partial charge in [-0.05, 0) is 18.9 Å². The fraction of sp³-hybridized carbons (Fsp3) is 0.412. The Morgan fingerprint density at radius 2 is 2.08 bits per heavy atom. The molecule has 0 saturated carbocycles. The van der Waals surface area contributed by atoms with Gasteiger partial charge in [-0.2, -0.15) is 0 Å². The molecule has 1 fully saturated rings. The molecule has 1 saturated heterocycles. The lowest BCUT2D eigenvalue weighted by Gasteiger charge is -2.25. The lowest BCUT2D eigenvalue weighted by atomic mass is 10.2. The highest BCUT2D eigenvalue weighted by Crippen LogP contribution is 2.26. The van der Waals surface area contributed by atoms with Gasteiger partial charge in [-0.3, -0.25) is 4.79 Å². The van der Waals surface area contributed by atoms with Crippen LogP contribution in [0.1, 0.15) is 13.3 Å². The highest BCUT2D eigenvalue weighted by molar-refractivity contribution is 8.00. The molecule has 2 unspecified atom stereocenters. The van der Waals surface area contributed by atoms with E-state index in [-0.39, 0.29) is 28.7 Å². The van der Waals surface area contributed by atoms with Crippen LogP contribution < -0.4 is 0 Å². The van der Waals surface area contributed by atoms with Crippen molar-refractivity contribution in [1.29, 1.82) is 0 Å². The van der Waals surface area contributed by atoms with E-state index in [1.165, 1.54) is 11.8 Å². The Labute approximate surface area is 152 Å². The van der Waals surface area contributed by atoms with E-state index < -0.39 is 9.84 Å². The number of aromatic amines is 1. The molecule has 6 nitrogen and oxygen atoms in total. The van der Waals surface area contributed by atoms with E-state index >= 15 is 0 Å². The maximum absolute atomic E-state index is 12.6. The maximum atomic E-state index is 12.6. The molecular weight excluding hydrogens is 358 g/mol. The number of imidazole rings is 1. The summed E-state index contributed by atoms with van der Waals surface area (Å²) >= 11 is 1.35. The second-order valence-electron chi connectivity index (χ2n) is 6.23. The number of aromatic nitrogens is 2. The molecule has 2 heterocycles. The molecule has 0 aliphatic carbocycles. The number of H-pyrrole nitrogens is 1. The Hall–Kier alpha value is -1.80. The van der Waals surface area contributed by atoms with Gasteiger partial charge < -0.3 is 9.88 Å². The summed E-state index contributed by atoms with van der Waals surface area (Å²) in [5, 5.41) is 0.329. The van der Waals surface area contributed by atoms with Crippen LogP contribution in [0.3, 0.4) is 0 Å². The van der Waals surface area contributed by atoms with Gasteiger partial charge in [0.25, 0.3) is 0 Å². The summed E-state index contributed by atoms with van der Waals surface area (Å²) in [7, 11) is -1.32. The summed E-state index contributed by atoms with van der Waals surface area (Å²) < 4.78 is 23.2. The van der Waals surface area contributed by atoms with E-state index in [0.29, 0.717) is 11.6 Å². The minimum absolute atomic E-state index is 0.0610. The number of hydrogen-bond acceptors (Lipinski definition) is 5. The summed E-state index contributed by atoms with van der Waals surface area (Å²) in [5.74, 6) is 0.144. The zero-order valence-electron chi connectivity index (χ0n) is 14.2. The lowest BCUT2D eigenvalue weighted by molar-refractivity contribution is -0.130. The Morgan fingerprint density at radius 3 is 2.72 bits per heavy atom. The molecule has 1 aliphatic rings. The minimum Gasteiger partial charge on any atom is -0.341 e. The zero-order valence-corrected chi connectivity index (χ0v) is 15.8. The second kappa shape index (κ2) is 7.21. The number of hydrogen-bond donors (Lipinski definition) is 1. The van der Waals surface area contributed by atoms with Gasteiger partial charge in [0.2, 0.25) is 5.91 Å². The first-order valence-electron chi connectivity index (χ1n) is 8.10. The fourth-order valence-electron chi connectivity index (χ4n) is 2.89. The third kappa shape index (κ3) is 4.24. The summed E-state index contributed by atoms with van der Waals surface area (Å²) in [6, 6.07) is 9.63. The third-order valence-corrected chi connectivity index (χ3v) is 7.11. The molecule has 1 N–H and O–H groups in total. The molecule has 1 aromatic carbocycles. The number of rotatable bonds is 5. The predicted octanol–water partition coefficient (Wildman–Crippen LogP) is 2.20. The number of carbonyl (C=O) groups excluding carboxylic acids is 1. The van der Waals surface area contributed by atoms with Crippen molar-refractivity contribution < 1.29 is 13.2 Å². The molecule has 1 aromatic heterocycles. The van der Waals surface area contributed by atoms with Gasteiger partial charge in [0.15, 0.2) is 15.0 Å². The van der Waals surface area contributed by atoms with Crippen LogP contribution in [0, 0.1) is 0 Å². The molecule has 0 radical (unpaired) electrons. The number of sulfone groups is 1. The second-order valence-corrected chi connectivity index (χ2v) is 9.79. The van der Waals surface area contributed by atoms with Crippen LogP contribution in [0.5, 0.6) is 0 Å². The van der Waals surface area contributed by atoms with Gasteiger partial charge in [-0.25, -0.2) is 13.4 Å². The third-order valence-electron chi connectivity index (χ3n) is 4.38. The molecule has 134 valence electrons. The normalized spacial score (nSPS) is 20.3. The van der Waals surface area contributed by atoms with E-state index in [9.17, 15) is 13.2 Å². The van der Waals surface area contributed by atoms with Crippen molar-refractivity contribution in [3.8, 4) is 11.3 Å². The maximum Gasteiger partial charge on any atom is 0.235 e. The number of nitrogens with zero attached hydrogens (tertiary/aromatic N) is 2. The molecule has 8 heteroatoms. The molecule has 1 aliphatic heterocycles.